The van der Waals surface area contributed by atoms with Gasteiger partial charge in [-0.15, -0.1) is 0 Å². The van der Waals surface area contributed by atoms with E-state index in [1.54, 1.807) is 24.3 Å². The van der Waals surface area contributed by atoms with Crippen LogP contribution in [0.2, 0.25) is 0 Å². The van der Waals surface area contributed by atoms with Crippen molar-refractivity contribution >= 4 is 12.0 Å². The van der Waals surface area contributed by atoms with Gasteiger partial charge < -0.3 is 9.84 Å². The molecule has 0 atom stereocenters. The van der Waals surface area contributed by atoms with Crippen LogP contribution in [0.15, 0.2) is 42.5 Å². The highest BCUT2D eigenvalue weighted by molar-refractivity contribution is 5.77. The highest BCUT2D eigenvalue weighted by Crippen LogP contribution is 2.31. The van der Waals surface area contributed by atoms with Crippen molar-refractivity contribution in [1.82, 2.24) is 0 Å². The Morgan fingerprint density at radius 1 is 1.19 bits per heavy atom. The van der Waals surface area contributed by atoms with Crippen LogP contribution in [0, 0.1) is 10.1 Å². The number of benzene rings is 2. The molecular formula is C15H13NO5. The molecular weight excluding hydrogens is 274 g/mol. The Hall–Kier alpha value is -2.73. The molecule has 0 aromatic heterocycles. The first-order chi connectivity index (χ1) is 10.1. The monoisotopic (exact) mass is 287 g/mol. The summed E-state index contributed by atoms with van der Waals surface area (Å²) in [5, 5.41) is 19.8. The minimum Gasteiger partial charge on any atom is -0.450 e. The van der Waals surface area contributed by atoms with Gasteiger partial charge in [0.1, 0.15) is 12.0 Å². The zero-order valence-corrected chi connectivity index (χ0v) is 11.1. The second kappa shape index (κ2) is 6.62. The Morgan fingerprint density at radius 2 is 1.90 bits per heavy atom. The van der Waals surface area contributed by atoms with Gasteiger partial charge in [0.2, 0.25) is 5.75 Å². The second-order valence-corrected chi connectivity index (χ2v) is 4.32. The van der Waals surface area contributed by atoms with E-state index in [0.29, 0.717) is 18.5 Å². The SMILES string of the molecule is O=Cc1ccc(Oc2ccc(CCO)cc2)c([N+](=O)[O-])c1. The van der Waals surface area contributed by atoms with Gasteiger partial charge in [-0.05, 0) is 36.2 Å². The fourth-order valence-corrected chi connectivity index (χ4v) is 1.82. The average molecular weight is 287 g/mol. The smallest absolute Gasteiger partial charge is 0.312 e. The minimum atomic E-state index is -0.595. The number of aliphatic hydroxyl groups is 1. The first-order valence-corrected chi connectivity index (χ1v) is 6.25. The molecule has 2 aromatic carbocycles. The number of hydrogen-bond acceptors (Lipinski definition) is 5. The van der Waals surface area contributed by atoms with Gasteiger partial charge in [-0.2, -0.15) is 0 Å². The molecule has 0 heterocycles. The molecule has 2 aromatic rings. The molecule has 0 fully saturated rings. The number of nitrogens with zero attached hydrogens (tertiary/aromatic N) is 1. The van der Waals surface area contributed by atoms with Crippen LogP contribution in [0.1, 0.15) is 15.9 Å². The van der Waals surface area contributed by atoms with E-state index in [2.05, 4.69) is 0 Å². The zero-order valence-electron chi connectivity index (χ0n) is 11.1. The number of rotatable bonds is 6. The van der Waals surface area contributed by atoms with Crippen LogP contribution in [0.25, 0.3) is 0 Å². The number of carbonyl (C=O) groups excluding carboxylic acids is 1. The van der Waals surface area contributed by atoms with Gasteiger partial charge in [-0.3, -0.25) is 14.9 Å². The molecule has 0 aliphatic heterocycles. The lowest BCUT2D eigenvalue weighted by atomic mass is 10.1. The number of carbonyl (C=O) groups is 1. The summed E-state index contributed by atoms with van der Waals surface area (Å²) in [7, 11) is 0. The predicted molar refractivity (Wildman–Crippen MR) is 75.8 cm³/mol. The van der Waals surface area contributed by atoms with Crippen LogP contribution in [0.3, 0.4) is 0 Å². The van der Waals surface area contributed by atoms with Crippen molar-refractivity contribution in [2.45, 2.75) is 6.42 Å². The van der Waals surface area contributed by atoms with Crippen LogP contribution >= 0.6 is 0 Å². The lowest BCUT2D eigenvalue weighted by Gasteiger charge is -2.07. The summed E-state index contributed by atoms with van der Waals surface area (Å²) in [6, 6.07) is 10.9. The van der Waals surface area contributed by atoms with Gasteiger partial charge in [0.25, 0.3) is 0 Å². The highest BCUT2D eigenvalue weighted by Gasteiger charge is 2.16. The van der Waals surface area contributed by atoms with Crippen molar-refractivity contribution in [1.29, 1.82) is 0 Å². The van der Waals surface area contributed by atoms with Gasteiger partial charge >= 0.3 is 5.69 Å². The molecule has 0 radical (unpaired) electrons. The molecule has 0 saturated heterocycles. The van der Waals surface area contributed by atoms with Gasteiger partial charge in [-0.1, -0.05) is 12.1 Å². The number of hydrogen-bond donors (Lipinski definition) is 1. The molecule has 2 rings (SSSR count). The van der Waals surface area contributed by atoms with Gasteiger partial charge in [-0.25, -0.2) is 0 Å². The van der Waals surface area contributed by atoms with E-state index in [1.807, 2.05) is 0 Å². The third kappa shape index (κ3) is 3.64. The Balaban J connectivity index is 2.26. The van der Waals surface area contributed by atoms with Gasteiger partial charge in [0.15, 0.2) is 0 Å². The quantitative estimate of drug-likeness (QED) is 0.501. The van der Waals surface area contributed by atoms with Gasteiger partial charge in [0.05, 0.1) is 4.92 Å². The Labute approximate surface area is 120 Å². The maximum atomic E-state index is 11.0. The topological polar surface area (TPSA) is 89.7 Å². The summed E-state index contributed by atoms with van der Waals surface area (Å²) in [4.78, 5) is 21.1. The summed E-state index contributed by atoms with van der Waals surface area (Å²) in [5.74, 6) is 0.513. The predicted octanol–water partition coefficient (Wildman–Crippen LogP) is 2.73. The van der Waals surface area contributed by atoms with Crippen molar-refractivity contribution in [2.75, 3.05) is 6.61 Å². The number of aliphatic hydroxyl groups excluding tert-OH is 1. The van der Waals surface area contributed by atoms with Crippen molar-refractivity contribution < 1.29 is 19.6 Å². The zero-order chi connectivity index (χ0) is 15.2. The Morgan fingerprint density at radius 3 is 2.48 bits per heavy atom. The molecule has 0 aliphatic rings. The molecule has 0 bridgehead atoms. The summed E-state index contributed by atoms with van der Waals surface area (Å²) >= 11 is 0. The lowest BCUT2D eigenvalue weighted by Crippen LogP contribution is -1.95. The fraction of sp³-hybridized carbons (Fsp3) is 0.133. The number of nitro groups is 1. The summed E-state index contributed by atoms with van der Waals surface area (Å²) in [6.45, 7) is 0.0544. The number of aldehydes is 1. The molecule has 108 valence electrons. The third-order valence-corrected chi connectivity index (χ3v) is 2.87. The molecule has 0 amide bonds. The molecule has 0 aliphatic carbocycles. The summed E-state index contributed by atoms with van der Waals surface area (Å²) in [5.41, 5.74) is 0.891. The van der Waals surface area contributed by atoms with Crippen molar-refractivity contribution in [3.8, 4) is 11.5 Å². The van der Waals surface area contributed by atoms with Crippen LogP contribution in [-0.4, -0.2) is 22.9 Å². The first kappa shape index (κ1) is 14.7. The van der Waals surface area contributed by atoms with Crippen LogP contribution < -0.4 is 4.74 Å². The summed E-state index contributed by atoms with van der Waals surface area (Å²) < 4.78 is 5.48. The average Bonchev–Trinajstić information content (AvgIpc) is 2.49. The van der Waals surface area contributed by atoms with Crippen LogP contribution in [-0.2, 0) is 6.42 Å². The Kier molecular flexibility index (Phi) is 4.63. The van der Waals surface area contributed by atoms with Crippen LogP contribution in [0.5, 0.6) is 11.5 Å². The fourth-order valence-electron chi connectivity index (χ4n) is 1.82. The van der Waals surface area contributed by atoms with E-state index >= 15 is 0 Å². The van der Waals surface area contributed by atoms with E-state index in [1.165, 1.54) is 18.2 Å². The molecule has 1 N–H and O–H groups in total. The maximum Gasteiger partial charge on any atom is 0.312 e. The van der Waals surface area contributed by atoms with Crippen molar-refractivity contribution in [3.05, 3.63) is 63.7 Å². The highest BCUT2D eigenvalue weighted by atomic mass is 16.6. The maximum absolute atomic E-state index is 11.0. The standard InChI is InChI=1S/C15H13NO5/c17-8-7-11-1-4-13(5-2-11)21-15-6-3-12(10-18)9-14(15)16(19)20/h1-6,9-10,17H,7-8H2. The second-order valence-electron chi connectivity index (χ2n) is 4.32. The molecule has 6 nitrogen and oxygen atoms in total. The van der Waals surface area contributed by atoms with Crippen LogP contribution in [0.4, 0.5) is 5.69 Å². The van der Waals surface area contributed by atoms with E-state index < -0.39 is 4.92 Å². The van der Waals surface area contributed by atoms with E-state index in [0.717, 1.165) is 5.56 Å². The number of nitro benzene ring substituents is 1. The Bertz CT molecular complexity index is 652. The molecule has 21 heavy (non-hydrogen) atoms. The van der Waals surface area contributed by atoms with E-state index in [4.69, 9.17) is 9.84 Å². The lowest BCUT2D eigenvalue weighted by molar-refractivity contribution is -0.385. The van der Waals surface area contributed by atoms with Crippen molar-refractivity contribution in [3.63, 3.8) is 0 Å². The molecule has 0 saturated carbocycles. The minimum absolute atomic E-state index is 0.0544. The molecule has 6 heteroatoms. The molecule has 0 unspecified atom stereocenters. The van der Waals surface area contributed by atoms with Crippen molar-refractivity contribution in [2.24, 2.45) is 0 Å². The normalized spacial score (nSPS) is 10.1. The third-order valence-electron chi connectivity index (χ3n) is 2.87. The number of ether oxygens (including phenoxy) is 1. The largest absolute Gasteiger partial charge is 0.450 e. The molecule has 0 spiro atoms. The van der Waals surface area contributed by atoms with E-state index in [9.17, 15) is 14.9 Å². The first-order valence-electron chi connectivity index (χ1n) is 6.25. The van der Waals surface area contributed by atoms with Gasteiger partial charge in [0, 0.05) is 18.2 Å². The summed E-state index contributed by atoms with van der Waals surface area (Å²) in [6.07, 6.45) is 1.08. The van der Waals surface area contributed by atoms with E-state index in [-0.39, 0.29) is 23.6 Å².